The van der Waals surface area contributed by atoms with Gasteiger partial charge in [0.2, 0.25) is 9.84 Å². The molecule has 0 aliphatic heterocycles. The number of rotatable bonds is 14. The number of nitrogens with zero attached hydrogens (tertiary/aromatic N) is 2. The Balaban J connectivity index is 1.77. The fraction of sp³-hybridized carbons (Fsp3) is 0.533. The van der Waals surface area contributed by atoms with E-state index in [2.05, 4.69) is 18.7 Å². The molecular weight excluding hydrogens is 484 g/mol. The third-order valence-corrected chi connectivity index (χ3v) is 8.86. The van der Waals surface area contributed by atoms with Crippen molar-refractivity contribution in [2.75, 3.05) is 26.2 Å². The predicted molar refractivity (Wildman–Crippen MR) is 151 cm³/mol. The summed E-state index contributed by atoms with van der Waals surface area (Å²) in [6.45, 7) is 15.9. The third kappa shape index (κ3) is 6.68. The molecule has 0 fully saturated rings. The summed E-state index contributed by atoms with van der Waals surface area (Å²) in [7, 11) is -3.82. The van der Waals surface area contributed by atoms with Crippen molar-refractivity contribution in [1.82, 2.24) is 9.30 Å². The van der Waals surface area contributed by atoms with E-state index in [0.29, 0.717) is 29.0 Å². The SMILES string of the molecule is CCCCN(CCCC)CCCOc1ccc(S(=O)(=O)c2c(C(C)C)cn3cc(C)c(O)c(C)c23)cc1. The van der Waals surface area contributed by atoms with Crippen LogP contribution in [0.3, 0.4) is 0 Å². The Kier molecular flexibility index (Phi) is 10.1. The van der Waals surface area contributed by atoms with E-state index in [4.69, 9.17) is 4.74 Å². The molecule has 0 saturated heterocycles. The molecule has 204 valence electrons. The highest BCUT2D eigenvalue weighted by atomic mass is 32.2. The van der Waals surface area contributed by atoms with E-state index in [1.165, 1.54) is 25.7 Å². The molecule has 0 spiro atoms. The fourth-order valence-corrected chi connectivity index (χ4v) is 6.62. The lowest BCUT2D eigenvalue weighted by Crippen LogP contribution is -2.28. The van der Waals surface area contributed by atoms with Gasteiger partial charge in [-0.15, -0.1) is 0 Å². The smallest absolute Gasteiger partial charge is 0.209 e. The zero-order valence-corrected chi connectivity index (χ0v) is 24.2. The summed E-state index contributed by atoms with van der Waals surface area (Å²) in [6.07, 6.45) is 9.42. The Morgan fingerprint density at radius 2 is 1.54 bits per heavy atom. The van der Waals surface area contributed by atoms with Gasteiger partial charge in [-0.3, -0.25) is 0 Å². The van der Waals surface area contributed by atoms with Gasteiger partial charge in [-0.2, -0.15) is 0 Å². The van der Waals surface area contributed by atoms with E-state index in [1.807, 2.05) is 31.4 Å². The van der Waals surface area contributed by atoms with Crippen molar-refractivity contribution in [3.05, 3.63) is 53.3 Å². The topological polar surface area (TPSA) is 71.2 Å². The second-order valence-electron chi connectivity index (χ2n) is 10.3. The fourth-order valence-electron chi connectivity index (χ4n) is 4.77. The maximum atomic E-state index is 13.9. The van der Waals surface area contributed by atoms with Crippen molar-refractivity contribution in [3.63, 3.8) is 0 Å². The van der Waals surface area contributed by atoms with Gasteiger partial charge in [-0.1, -0.05) is 40.5 Å². The van der Waals surface area contributed by atoms with Gasteiger partial charge < -0.3 is 19.1 Å². The van der Waals surface area contributed by atoms with Gasteiger partial charge in [0.05, 0.1) is 17.0 Å². The van der Waals surface area contributed by atoms with Crippen LogP contribution in [0.25, 0.3) is 5.52 Å². The number of aromatic hydroxyl groups is 1. The number of aryl methyl sites for hydroxylation is 2. The van der Waals surface area contributed by atoms with E-state index in [-0.39, 0.29) is 21.5 Å². The molecule has 2 heterocycles. The molecule has 0 unspecified atom stereocenters. The van der Waals surface area contributed by atoms with Crippen LogP contribution in [0, 0.1) is 13.8 Å². The molecule has 0 amide bonds. The zero-order valence-electron chi connectivity index (χ0n) is 23.4. The highest BCUT2D eigenvalue weighted by molar-refractivity contribution is 7.91. The molecule has 0 saturated carbocycles. The molecule has 7 heteroatoms. The van der Waals surface area contributed by atoms with Gasteiger partial charge >= 0.3 is 0 Å². The molecule has 0 radical (unpaired) electrons. The number of benzene rings is 1. The van der Waals surface area contributed by atoms with E-state index < -0.39 is 9.84 Å². The van der Waals surface area contributed by atoms with Crippen LogP contribution in [0.5, 0.6) is 11.5 Å². The Bertz CT molecular complexity index is 1270. The summed E-state index contributed by atoms with van der Waals surface area (Å²) in [6, 6.07) is 6.72. The number of aromatic nitrogens is 1. The van der Waals surface area contributed by atoms with Crippen LogP contribution in [-0.2, 0) is 9.84 Å². The highest BCUT2D eigenvalue weighted by Gasteiger charge is 2.29. The highest BCUT2D eigenvalue weighted by Crippen LogP contribution is 2.38. The number of ether oxygens (including phenoxy) is 1. The largest absolute Gasteiger partial charge is 0.507 e. The molecule has 2 aromatic heterocycles. The van der Waals surface area contributed by atoms with Gasteiger partial charge in [0.1, 0.15) is 16.4 Å². The summed E-state index contributed by atoms with van der Waals surface area (Å²) < 4.78 is 35.5. The van der Waals surface area contributed by atoms with Crippen LogP contribution in [0.4, 0.5) is 0 Å². The van der Waals surface area contributed by atoms with Gasteiger partial charge in [-0.05, 0) is 81.9 Å². The normalized spacial score (nSPS) is 12.2. The molecule has 0 aliphatic rings. The number of sulfone groups is 1. The number of fused-ring (bicyclic) bond motifs is 1. The van der Waals surface area contributed by atoms with Crippen LogP contribution in [-0.4, -0.2) is 49.1 Å². The van der Waals surface area contributed by atoms with Crippen molar-refractivity contribution < 1.29 is 18.3 Å². The number of hydrogen-bond acceptors (Lipinski definition) is 5. The van der Waals surface area contributed by atoms with Crippen LogP contribution in [0.15, 0.2) is 46.5 Å². The number of unbranched alkanes of at least 4 members (excludes halogenated alkanes) is 2. The van der Waals surface area contributed by atoms with Gasteiger partial charge in [0, 0.05) is 30.1 Å². The van der Waals surface area contributed by atoms with Crippen molar-refractivity contribution in [2.24, 2.45) is 0 Å². The minimum absolute atomic E-state index is 0.00310. The van der Waals surface area contributed by atoms with Crippen LogP contribution < -0.4 is 4.74 Å². The molecule has 37 heavy (non-hydrogen) atoms. The summed E-state index contributed by atoms with van der Waals surface area (Å²) in [5.41, 5.74) is 2.55. The standard InChI is InChI=1S/C30H44N2O4S/c1-7-9-16-31(17-10-8-2)18-11-19-36-25-12-14-26(15-13-25)37(34,35)30-27(22(3)4)21-32-20-23(5)29(33)24(6)28(30)32/h12-15,20-22,33H,7-11,16-19H2,1-6H3. The second-order valence-corrected chi connectivity index (χ2v) is 12.2. The zero-order chi connectivity index (χ0) is 27.2. The first-order valence-electron chi connectivity index (χ1n) is 13.7. The lowest BCUT2D eigenvalue weighted by molar-refractivity contribution is 0.229. The molecule has 1 N–H and O–H groups in total. The molecule has 3 aromatic rings. The molecular formula is C30H44N2O4S. The average Bonchev–Trinajstić information content (AvgIpc) is 3.27. The summed E-state index contributed by atoms with van der Waals surface area (Å²) in [4.78, 5) is 3.00. The number of pyridine rings is 1. The first-order valence-corrected chi connectivity index (χ1v) is 15.1. The summed E-state index contributed by atoms with van der Waals surface area (Å²) >= 11 is 0. The van der Waals surface area contributed by atoms with Crippen molar-refractivity contribution in [3.8, 4) is 11.5 Å². The predicted octanol–water partition coefficient (Wildman–Crippen LogP) is 6.89. The third-order valence-electron chi connectivity index (χ3n) is 7.00. The Labute approximate surface area is 223 Å². The summed E-state index contributed by atoms with van der Waals surface area (Å²) in [5, 5.41) is 10.5. The maximum Gasteiger partial charge on any atom is 0.209 e. The van der Waals surface area contributed by atoms with Gasteiger partial charge in [-0.25, -0.2) is 8.42 Å². The first kappa shape index (κ1) is 29.1. The molecule has 3 rings (SSSR count). The second kappa shape index (κ2) is 12.8. The minimum Gasteiger partial charge on any atom is -0.507 e. The van der Waals surface area contributed by atoms with E-state index in [1.54, 1.807) is 37.4 Å². The van der Waals surface area contributed by atoms with Crippen molar-refractivity contribution in [2.45, 2.75) is 89.4 Å². The molecule has 0 aliphatic carbocycles. The Hall–Kier alpha value is -2.51. The summed E-state index contributed by atoms with van der Waals surface area (Å²) in [5.74, 6) is 0.801. The number of hydrogen-bond donors (Lipinski definition) is 1. The molecule has 1 aromatic carbocycles. The van der Waals surface area contributed by atoms with Crippen molar-refractivity contribution >= 4 is 15.4 Å². The monoisotopic (exact) mass is 528 g/mol. The minimum atomic E-state index is -3.82. The molecule has 0 bridgehead atoms. The molecule has 0 atom stereocenters. The quantitative estimate of drug-likeness (QED) is 0.231. The Morgan fingerprint density at radius 1 is 0.946 bits per heavy atom. The van der Waals surface area contributed by atoms with Crippen LogP contribution in [0.2, 0.25) is 0 Å². The van der Waals surface area contributed by atoms with E-state index in [0.717, 1.165) is 31.6 Å². The first-order chi connectivity index (χ1) is 17.6. The Morgan fingerprint density at radius 3 is 2.11 bits per heavy atom. The lowest BCUT2D eigenvalue weighted by Gasteiger charge is -2.21. The van der Waals surface area contributed by atoms with Crippen molar-refractivity contribution in [1.29, 1.82) is 0 Å². The van der Waals surface area contributed by atoms with E-state index in [9.17, 15) is 13.5 Å². The maximum absolute atomic E-state index is 13.9. The van der Waals surface area contributed by atoms with Crippen LogP contribution in [0.1, 0.15) is 82.4 Å². The molecule has 6 nitrogen and oxygen atoms in total. The van der Waals surface area contributed by atoms with E-state index >= 15 is 0 Å². The van der Waals surface area contributed by atoms with Gasteiger partial charge in [0.25, 0.3) is 0 Å². The van der Waals surface area contributed by atoms with Crippen LogP contribution >= 0.6 is 0 Å². The average molecular weight is 529 g/mol. The van der Waals surface area contributed by atoms with Gasteiger partial charge in [0.15, 0.2) is 0 Å². The lowest BCUT2D eigenvalue weighted by atomic mass is 10.1.